The van der Waals surface area contributed by atoms with E-state index in [1.54, 1.807) is 0 Å². The van der Waals surface area contributed by atoms with Gasteiger partial charge < -0.3 is 11.5 Å². The summed E-state index contributed by atoms with van der Waals surface area (Å²) in [5.41, 5.74) is 13.4. The largest absolute Gasteiger partial charge is 0.369 e. The van der Waals surface area contributed by atoms with Crippen molar-refractivity contribution in [3.8, 4) is 0 Å². The number of nitrogens with zero attached hydrogens (tertiary/aromatic N) is 1. The Morgan fingerprint density at radius 1 is 1.26 bits per heavy atom. The first-order valence-corrected chi connectivity index (χ1v) is 6.91. The zero-order chi connectivity index (χ0) is 13.8. The summed E-state index contributed by atoms with van der Waals surface area (Å²) in [7, 11) is 0. The predicted octanol–water partition coefficient (Wildman–Crippen LogP) is 1.23. The van der Waals surface area contributed by atoms with Crippen molar-refractivity contribution in [3.63, 3.8) is 0 Å². The molecule has 4 nitrogen and oxygen atoms in total. The fourth-order valence-corrected chi connectivity index (χ4v) is 2.65. The quantitative estimate of drug-likeness (QED) is 0.856. The maximum Gasteiger partial charge on any atom is 0.221 e. The molecule has 4 N–H and O–H groups in total. The summed E-state index contributed by atoms with van der Waals surface area (Å²) < 4.78 is 0. The van der Waals surface area contributed by atoms with Crippen LogP contribution in [0.2, 0.25) is 0 Å². The monoisotopic (exact) mass is 261 g/mol. The summed E-state index contributed by atoms with van der Waals surface area (Å²) >= 11 is 0. The molecule has 1 heterocycles. The van der Waals surface area contributed by atoms with Crippen molar-refractivity contribution in [2.24, 2.45) is 17.4 Å². The van der Waals surface area contributed by atoms with Gasteiger partial charge in [0.05, 0.1) is 5.92 Å². The molecule has 1 saturated heterocycles. The second kappa shape index (κ2) is 6.17. The van der Waals surface area contributed by atoms with Crippen LogP contribution in [0.5, 0.6) is 0 Å². The first-order chi connectivity index (χ1) is 9.10. The summed E-state index contributed by atoms with van der Waals surface area (Å²) in [5.74, 6) is -0.171. The molecule has 1 amide bonds. The zero-order valence-electron chi connectivity index (χ0n) is 11.5. The van der Waals surface area contributed by atoms with E-state index < -0.39 is 0 Å². The number of piperidine rings is 1. The molecule has 0 aromatic heterocycles. The predicted molar refractivity (Wildman–Crippen MR) is 76.1 cm³/mol. The number of carbonyl (C=O) groups is 1. The minimum Gasteiger partial charge on any atom is -0.369 e. The van der Waals surface area contributed by atoms with Gasteiger partial charge in [0.25, 0.3) is 0 Å². The highest BCUT2D eigenvalue weighted by molar-refractivity contribution is 5.76. The zero-order valence-corrected chi connectivity index (χ0v) is 11.5. The number of likely N-dealkylation sites (tertiary alicyclic amines) is 1. The van der Waals surface area contributed by atoms with Gasteiger partial charge in [0, 0.05) is 25.7 Å². The number of primary amides is 1. The second-order valence-electron chi connectivity index (χ2n) is 5.48. The summed E-state index contributed by atoms with van der Waals surface area (Å²) in [4.78, 5) is 13.7. The van der Waals surface area contributed by atoms with Crippen LogP contribution >= 0.6 is 0 Å². The summed E-state index contributed by atoms with van der Waals surface area (Å²) in [6.07, 6.45) is 1.95. The minimum atomic E-state index is -0.171. The van der Waals surface area contributed by atoms with Crippen molar-refractivity contribution in [3.05, 3.63) is 35.4 Å². The van der Waals surface area contributed by atoms with Gasteiger partial charge in [-0.2, -0.15) is 0 Å². The SMILES string of the molecule is CC1CCC(C(N)=O)CN1Cc1ccc(CN)cc1. The number of nitrogens with two attached hydrogens (primary N) is 2. The molecule has 0 spiro atoms. The van der Waals surface area contributed by atoms with Crippen LogP contribution in [0.15, 0.2) is 24.3 Å². The molecule has 2 rings (SSSR count). The van der Waals surface area contributed by atoms with Crippen LogP contribution in [0.1, 0.15) is 30.9 Å². The lowest BCUT2D eigenvalue weighted by molar-refractivity contribution is -0.124. The molecule has 2 atom stereocenters. The summed E-state index contributed by atoms with van der Waals surface area (Å²) in [6, 6.07) is 8.86. The highest BCUT2D eigenvalue weighted by atomic mass is 16.1. The van der Waals surface area contributed by atoms with E-state index in [2.05, 4.69) is 36.1 Å². The van der Waals surface area contributed by atoms with Gasteiger partial charge in [0.1, 0.15) is 0 Å². The number of amides is 1. The molecule has 1 aliphatic heterocycles. The van der Waals surface area contributed by atoms with Gasteiger partial charge in [-0.3, -0.25) is 9.69 Å². The van der Waals surface area contributed by atoms with E-state index in [0.717, 1.165) is 31.5 Å². The van der Waals surface area contributed by atoms with Crippen LogP contribution in [0, 0.1) is 5.92 Å². The molecule has 1 aliphatic rings. The smallest absolute Gasteiger partial charge is 0.221 e. The third-order valence-corrected chi connectivity index (χ3v) is 4.06. The molecule has 0 aliphatic carbocycles. The van der Waals surface area contributed by atoms with Crippen LogP contribution in [-0.4, -0.2) is 23.4 Å². The number of hydrogen-bond acceptors (Lipinski definition) is 3. The fourth-order valence-electron chi connectivity index (χ4n) is 2.65. The lowest BCUT2D eigenvalue weighted by Gasteiger charge is -2.36. The van der Waals surface area contributed by atoms with Gasteiger partial charge in [-0.1, -0.05) is 24.3 Å². The van der Waals surface area contributed by atoms with E-state index in [1.807, 2.05) is 0 Å². The van der Waals surface area contributed by atoms with Crippen molar-refractivity contribution < 1.29 is 4.79 Å². The van der Waals surface area contributed by atoms with Crippen molar-refractivity contribution in [1.82, 2.24) is 4.90 Å². The number of rotatable bonds is 4. The molecule has 0 bridgehead atoms. The maximum absolute atomic E-state index is 11.3. The highest BCUT2D eigenvalue weighted by Gasteiger charge is 2.28. The van der Waals surface area contributed by atoms with Gasteiger partial charge in [-0.05, 0) is 30.9 Å². The van der Waals surface area contributed by atoms with Crippen molar-refractivity contribution in [2.75, 3.05) is 6.54 Å². The summed E-state index contributed by atoms with van der Waals surface area (Å²) in [6.45, 7) is 4.43. The number of benzene rings is 1. The second-order valence-corrected chi connectivity index (χ2v) is 5.48. The molecule has 0 saturated carbocycles. The highest BCUT2D eigenvalue weighted by Crippen LogP contribution is 2.23. The molecule has 104 valence electrons. The minimum absolute atomic E-state index is 0.000449. The molecule has 19 heavy (non-hydrogen) atoms. The van der Waals surface area contributed by atoms with Crippen molar-refractivity contribution in [1.29, 1.82) is 0 Å². The van der Waals surface area contributed by atoms with Gasteiger partial charge in [-0.15, -0.1) is 0 Å². The average molecular weight is 261 g/mol. The molecule has 0 radical (unpaired) electrons. The van der Waals surface area contributed by atoms with E-state index in [-0.39, 0.29) is 11.8 Å². The third-order valence-electron chi connectivity index (χ3n) is 4.06. The van der Waals surface area contributed by atoms with Crippen LogP contribution in [0.3, 0.4) is 0 Å². The van der Waals surface area contributed by atoms with Crippen LogP contribution in [0.25, 0.3) is 0 Å². The van der Waals surface area contributed by atoms with Crippen LogP contribution in [-0.2, 0) is 17.9 Å². The normalized spacial score (nSPS) is 24.3. The molecule has 4 heteroatoms. The van der Waals surface area contributed by atoms with Crippen molar-refractivity contribution in [2.45, 2.75) is 38.9 Å². The number of hydrogen-bond donors (Lipinski definition) is 2. The van der Waals surface area contributed by atoms with Crippen molar-refractivity contribution >= 4 is 5.91 Å². The Morgan fingerprint density at radius 2 is 1.89 bits per heavy atom. The Labute approximate surface area is 114 Å². The van der Waals surface area contributed by atoms with Gasteiger partial charge in [-0.25, -0.2) is 0 Å². The van der Waals surface area contributed by atoms with E-state index in [9.17, 15) is 4.79 Å². The van der Waals surface area contributed by atoms with Gasteiger partial charge in [0.15, 0.2) is 0 Å². The molecule has 1 aromatic carbocycles. The molecular formula is C15H23N3O. The Kier molecular flexibility index (Phi) is 4.56. The summed E-state index contributed by atoms with van der Waals surface area (Å²) in [5, 5.41) is 0. The van der Waals surface area contributed by atoms with E-state index in [1.165, 1.54) is 5.56 Å². The first kappa shape index (κ1) is 14.0. The number of carbonyl (C=O) groups excluding carboxylic acids is 1. The van der Waals surface area contributed by atoms with Crippen LogP contribution < -0.4 is 11.5 Å². The van der Waals surface area contributed by atoms with E-state index >= 15 is 0 Å². The Morgan fingerprint density at radius 3 is 2.47 bits per heavy atom. The van der Waals surface area contributed by atoms with E-state index in [4.69, 9.17) is 11.5 Å². The Balaban J connectivity index is 2.01. The molecule has 1 fully saturated rings. The first-order valence-electron chi connectivity index (χ1n) is 6.91. The maximum atomic E-state index is 11.3. The standard InChI is InChI=1S/C15H23N3O/c1-11-2-7-14(15(17)19)10-18(11)9-13-5-3-12(8-16)4-6-13/h3-6,11,14H,2,7-10,16H2,1H3,(H2,17,19). The lowest BCUT2D eigenvalue weighted by Crippen LogP contribution is -2.45. The molecular weight excluding hydrogens is 238 g/mol. The molecule has 2 unspecified atom stereocenters. The van der Waals surface area contributed by atoms with Gasteiger partial charge in [0.2, 0.25) is 5.91 Å². The fraction of sp³-hybridized carbons (Fsp3) is 0.533. The van der Waals surface area contributed by atoms with Crippen LogP contribution in [0.4, 0.5) is 0 Å². The average Bonchev–Trinajstić information content (AvgIpc) is 2.42. The Bertz CT molecular complexity index is 430. The molecule has 1 aromatic rings. The third kappa shape index (κ3) is 3.55. The Hall–Kier alpha value is -1.39. The topological polar surface area (TPSA) is 72.4 Å². The van der Waals surface area contributed by atoms with Gasteiger partial charge >= 0.3 is 0 Å². The van der Waals surface area contributed by atoms with E-state index in [0.29, 0.717) is 12.6 Å². The lowest BCUT2D eigenvalue weighted by atomic mass is 9.92.